The fourth-order valence-corrected chi connectivity index (χ4v) is 5.87. The highest BCUT2D eigenvalue weighted by Crippen LogP contribution is 2.29. The molecule has 1 N–H and O–H groups in total. The Bertz CT molecular complexity index is 1460. The first-order valence-corrected chi connectivity index (χ1v) is 13.1. The maximum atomic E-state index is 14.3. The second-order valence-corrected chi connectivity index (χ2v) is 10.1. The van der Waals surface area contributed by atoms with Crippen LogP contribution in [0.15, 0.2) is 46.3 Å². The smallest absolute Gasteiger partial charge is 0.262 e. The number of halogens is 2. The predicted octanol–water partition coefficient (Wildman–Crippen LogP) is 5.21. The monoisotopic (exact) mass is 513 g/mol. The molecule has 1 saturated carbocycles. The van der Waals surface area contributed by atoms with E-state index in [-0.39, 0.29) is 23.3 Å². The first-order valence-electron chi connectivity index (χ1n) is 11.8. The van der Waals surface area contributed by atoms with Gasteiger partial charge in [-0.2, -0.15) is 0 Å². The summed E-state index contributed by atoms with van der Waals surface area (Å²) in [5.74, 6) is 0.0742. The third-order valence-electron chi connectivity index (χ3n) is 6.38. The van der Waals surface area contributed by atoms with Crippen LogP contribution in [-0.2, 0) is 12.3 Å². The average Bonchev–Trinajstić information content (AvgIpc) is 3.51. The highest BCUT2D eigenvalue weighted by molar-refractivity contribution is 7.98. The molecule has 1 aliphatic rings. The number of nitrogens with one attached hydrogen (secondary N) is 1. The molecule has 2 aromatic heterocycles. The zero-order chi connectivity index (χ0) is 24.5. The molecule has 1 fully saturated rings. The maximum Gasteiger partial charge on any atom is 0.262 e. The number of carbonyl (C=O) groups excluding carboxylic acids is 1. The van der Waals surface area contributed by atoms with Crippen molar-refractivity contribution in [2.24, 2.45) is 0 Å². The highest BCUT2D eigenvalue weighted by Gasteiger charge is 2.21. The summed E-state index contributed by atoms with van der Waals surface area (Å²) in [7, 11) is 0. The van der Waals surface area contributed by atoms with Gasteiger partial charge in [0.05, 0.1) is 10.9 Å². The molecular weight excluding hydrogens is 489 g/mol. The van der Waals surface area contributed by atoms with E-state index in [4.69, 9.17) is 11.6 Å². The van der Waals surface area contributed by atoms with Gasteiger partial charge in [0, 0.05) is 34.5 Å². The second-order valence-electron chi connectivity index (χ2n) is 8.75. The Morgan fingerprint density at radius 1 is 1.23 bits per heavy atom. The van der Waals surface area contributed by atoms with E-state index >= 15 is 0 Å². The molecule has 0 saturated heterocycles. The maximum absolute atomic E-state index is 14.3. The van der Waals surface area contributed by atoms with Crippen LogP contribution >= 0.6 is 23.4 Å². The topological polar surface area (TPSA) is 81.3 Å². The number of hydrogen-bond acceptors (Lipinski definition) is 5. The summed E-state index contributed by atoms with van der Waals surface area (Å²) in [5.41, 5.74) is 1.21. The largest absolute Gasteiger partial charge is 0.349 e. The molecule has 0 aliphatic heterocycles. The summed E-state index contributed by atoms with van der Waals surface area (Å²) in [6.07, 6.45) is 4.94. The fraction of sp³-hybridized carbons (Fsp3) is 0.360. The van der Waals surface area contributed by atoms with E-state index in [1.54, 1.807) is 39.3 Å². The van der Waals surface area contributed by atoms with E-state index in [0.29, 0.717) is 44.5 Å². The number of thioether (sulfide) groups is 1. The third-order valence-corrected chi connectivity index (χ3v) is 7.69. The van der Waals surface area contributed by atoms with E-state index in [1.165, 1.54) is 17.8 Å². The lowest BCUT2D eigenvalue weighted by molar-refractivity contribution is 0.0938. The van der Waals surface area contributed by atoms with Gasteiger partial charge in [-0.25, -0.2) is 4.39 Å². The van der Waals surface area contributed by atoms with Gasteiger partial charge < -0.3 is 5.32 Å². The lowest BCUT2D eigenvalue weighted by atomic mass is 10.1. The molecule has 182 valence electrons. The summed E-state index contributed by atoms with van der Waals surface area (Å²) in [6.45, 7) is 2.46. The predicted molar refractivity (Wildman–Crippen MR) is 136 cm³/mol. The molecule has 0 spiro atoms. The van der Waals surface area contributed by atoms with Crippen LogP contribution < -0.4 is 10.9 Å². The standard InChI is InChI=1S/C25H25ClFN5O2S/c1-2-12-31-23(34)17-11-10-15(22(33)28-16-6-3-4-7-16)13-21(17)32-24(31)29-30-25(32)35-14-18-19(26)8-5-9-20(18)27/h5,8-11,13,16H,2-4,6-7,12,14H2,1H3,(H,28,33). The Morgan fingerprint density at radius 3 is 2.77 bits per heavy atom. The van der Waals surface area contributed by atoms with Crippen LogP contribution in [0.2, 0.25) is 5.02 Å². The molecule has 0 atom stereocenters. The number of rotatable bonds is 7. The number of fused-ring (bicyclic) bond motifs is 3. The summed E-state index contributed by atoms with van der Waals surface area (Å²) in [4.78, 5) is 26.2. The summed E-state index contributed by atoms with van der Waals surface area (Å²) in [6, 6.07) is 9.85. The normalized spacial score (nSPS) is 14.3. The van der Waals surface area contributed by atoms with Crippen molar-refractivity contribution in [1.29, 1.82) is 0 Å². The molecule has 1 aliphatic carbocycles. The SMILES string of the molecule is CCCn1c(=O)c2ccc(C(=O)NC3CCCC3)cc2n2c(SCc3c(F)cccc3Cl)nnc12. The van der Waals surface area contributed by atoms with Crippen molar-refractivity contribution in [3.05, 3.63) is 68.7 Å². The number of aromatic nitrogens is 4. The number of carbonyl (C=O) groups is 1. The van der Waals surface area contributed by atoms with Crippen molar-refractivity contribution in [1.82, 2.24) is 24.5 Å². The van der Waals surface area contributed by atoms with Crippen molar-refractivity contribution >= 4 is 46.0 Å². The van der Waals surface area contributed by atoms with Gasteiger partial charge in [0.25, 0.3) is 11.5 Å². The van der Waals surface area contributed by atoms with Gasteiger partial charge in [-0.1, -0.05) is 49.2 Å². The molecule has 1 amide bonds. The average molecular weight is 514 g/mol. The summed E-state index contributed by atoms with van der Waals surface area (Å²) < 4.78 is 17.7. The minimum Gasteiger partial charge on any atom is -0.349 e. The van der Waals surface area contributed by atoms with Crippen LogP contribution in [0.25, 0.3) is 16.7 Å². The number of aryl methyl sites for hydroxylation is 1. The molecule has 0 unspecified atom stereocenters. The van der Waals surface area contributed by atoms with Crippen LogP contribution in [0.4, 0.5) is 4.39 Å². The Morgan fingerprint density at radius 2 is 2.03 bits per heavy atom. The number of hydrogen-bond donors (Lipinski definition) is 1. The Labute approximate surface area is 210 Å². The molecule has 4 aromatic rings. The van der Waals surface area contributed by atoms with Gasteiger partial charge in [0.15, 0.2) is 5.16 Å². The molecule has 5 rings (SSSR count). The van der Waals surface area contributed by atoms with Crippen LogP contribution in [-0.4, -0.2) is 31.1 Å². The fourth-order valence-electron chi connectivity index (χ4n) is 4.59. The number of nitrogens with zero attached hydrogens (tertiary/aromatic N) is 4. The van der Waals surface area contributed by atoms with Gasteiger partial charge in [-0.05, 0) is 49.6 Å². The molecular formula is C25H25ClFN5O2S. The molecule has 10 heteroatoms. The van der Waals surface area contributed by atoms with Crippen LogP contribution in [0.3, 0.4) is 0 Å². The van der Waals surface area contributed by atoms with Crippen LogP contribution in [0.1, 0.15) is 54.9 Å². The van der Waals surface area contributed by atoms with E-state index in [2.05, 4.69) is 15.5 Å². The van der Waals surface area contributed by atoms with Gasteiger partial charge in [0.1, 0.15) is 5.82 Å². The molecule has 2 aromatic carbocycles. The van der Waals surface area contributed by atoms with Crippen LogP contribution in [0.5, 0.6) is 0 Å². The van der Waals surface area contributed by atoms with Gasteiger partial charge in [-0.3, -0.25) is 18.6 Å². The van der Waals surface area contributed by atoms with Crippen molar-refractivity contribution in [3.63, 3.8) is 0 Å². The van der Waals surface area contributed by atoms with E-state index < -0.39 is 5.82 Å². The summed E-state index contributed by atoms with van der Waals surface area (Å²) >= 11 is 7.48. The van der Waals surface area contributed by atoms with Gasteiger partial charge in [-0.15, -0.1) is 10.2 Å². The van der Waals surface area contributed by atoms with Gasteiger partial charge >= 0.3 is 0 Å². The Balaban J connectivity index is 1.60. The molecule has 2 heterocycles. The van der Waals surface area contributed by atoms with Crippen molar-refractivity contribution in [3.8, 4) is 0 Å². The van der Waals surface area contributed by atoms with Crippen molar-refractivity contribution < 1.29 is 9.18 Å². The molecule has 7 nitrogen and oxygen atoms in total. The second kappa shape index (κ2) is 9.99. The Kier molecular flexibility index (Phi) is 6.80. The summed E-state index contributed by atoms with van der Waals surface area (Å²) in [5, 5.41) is 13.0. The van der Waals surface area contributed by atoms with E-state index in [0.717, 1.165) is 32.1 Å². The minimum absolute atomic E-state index is 0.162. The zero-order valence-corrected chi connectivity index (χ0v) is 20.8. The lowest BCUT2D eigenvalue weighted by Crippen LogP contribution is -2.32. The molecule has 0 radical (unpaired) electrons. The van der Waals surface area contributed by atoms with Crippen molar-refractivity contribution in [2.45, 2.75) is 62.5 Å². The van der Waals surface area contributed by atoms with Crippen molar-refractivity contribution in [2.75, 3.05) is 0 Å². The van der Waals surface area contributed by atoms with Gasteiger partial charge in [0.2, 0.25) is 5.78 Å². The zero-order valence-electron chi connectivity index (χ0n) is 19.3. The third kappa shape index (κ3) is 4.54. The first kappa shape index (κ1) is 23.8. The molecule has 0 bridgehead atoms. The molecule has 35 heavy (non-hydrogen) atoms. The quantitative estimate of drug-likeness (QED) is 0.343. The van der Waals surface area contributed by atoms with E-state index in [1.807, 2.05) is 6.92 Å². The van der Waals surface area contributed by atoms with E-state index in [9.17, 15) is 14.0 Å². The number of amides is 1. The Hall–Kier alpha value is -2.91. The number of benzene rings is 2. The van der Waals surface area contributed by atoms with Crippen LogP contribution in [0, 0.1) is 5.82 Å². The lowest BCUT2D eigenvalue weighted by Gasteiger charge is -2.14. The first-order chi connectivity index (χ1) is 17.0. The minimum atomic E-state index is -0.391. The highest BCUT2D eigenvalue weighted by atomic mass is 35.5.